The minimum absolute atomic E-state index is 0.0189. The molecule has 3 fully saturated rings. The van der Waals surface area contributed by atoms with E-state index in [9.17, 15) is 0 Å². The van der Waals surface area contributed by atoms with Gasteiger partial charge in [-0.25, -0.2) is 0 Å². The average Bonchev–Trinajstić information content (AvgIpc) is 2.86. The van der Waals surface area contributed by atoms with E-state index in [1.807, 2.05) is 0 Å². The van der Waals surface area contributed by atoms with Crippen LogP contribution in [0.3, 0.4) is 0 Å². The van der Waals surface area contributed by atoms with Crippen molar-refractivity contribution in [2.45, 2.75) is 118 Å². The van der Waals surface area contributed by atoms with E-state index in [0.29, 0.717) is 11.8 Å². The fourth-order valence-electron chi connectivity index (χ4n) is 5.23. The first-order valence-corrected chi connectivity index (χ1v) is 24.2. The first-order chi connectivity index (χ1) is 15.0. The first-order valence-electron chi connectivity index (χ1n) is 12.9. The molecule has 0 aromatic rings. The van der Waals surface area contributed by atoms with Crippen molar-refractivity contribution in [1.82, 2.24) is 0 Å². The maximum absolute atomic E-state index is 5.88. The number of piperidine rings is 1. The van der Waals surface area contributed by atoms with Crippen LogP contribution in [0.1, 0.15) is 97.3 Å². The number of nitrogens with zero attached hydrogens (tertiary/aromatic N) is 4. The molecule has 0 bridgehead atoms. The van der Waals surface area contributed by atoms with Crippen molar-refractivity contribution in [3.05, 3.63) is 10.7 Å². The first kappa shape index (κ1) is 26.1. The van der Waals surface area contributed by atoms with Gasteiger partial charge in [0.05, 0.1) is 5.71 Å². The Balaban J connectivity index is 0.000000339. The van der Waals surface area contributed by atoms with Crippen molar-refractivity contribution in [2.75, 3.05) is 6.54 Å². The third kappa shape index (κ3) is 8.03. The molecular weight excluding hydrogens is 534 g/mol. The number of hydrogen-bond acceptors (Lipinski definition) is 2. The molecule has 4 rings (SSSR count). The summed E-state index contributed by atoms with van der Waals surface area (Å²) in [5.74, 6) is 1.26. The Morgan fingerprint density at radius 1 is 0.774 bits per heavy atom. The molecule has 31 heavy (non-hydrogen) atoms. The van der Waals surface area contributed by atoms with E-state index >= 15 is 0 Å². The second-order valence-electron chi connectivity index (χ2n) is 9.73. The molecule has 2 saturated carbocycles. The van der Waals surface area contributed by atoms with Gasteiger partial charge in [0.1, 0.15) is 0 Å². The summed E-state index contributed by atoms with van der Waals surface area (Å²) in [7, 11) is 11.8. The molecule has 2 heterocycles. The molecule has 0 aromatic heterocycles. The molecular formula is C24H42Cl2N4Sn-2. The Kier molecular flexibility index (Phi) is 11.3. The summed E-state index contributed by atoms with van der Waals surface area (Å²) in [6.07, 6.45) is 17.0. The van der Waals surface area contributed by atoms with Gasteiger partial charge in [0.25, 0.3) is 0 Å². The van der Waals surface area contributed by atoms with E-state index in [0.717, 1.165) is 21.8 Å². The number of hydrogen-bond donors (Lipinski definition) is 0. The van der Waals surface area contributed by atoms with Gasteiger partial charge in [0.15, 0.2) is 0 Å². The van der Waals surface area contributed by atoms with Crippen LogP contribution >= 0.6 is 17.8 Å². The van der Waals surface area contributed by atoms with Gasteiger partial charge in [-0.15, -0.1) is 12.6 Å². The van der Waals surface area contributed by atoms with Crippen molar-refractivity contribution in [2.24, 2.45) is 21.9 Å². The van der Waals surface area contributed by atoms with Crippen LogP contribution in [0.25, 0.3) is 10.7 Å². The molecule has 4 nitrogen and oxygen atoms in total. The summed E-state index contributed by atoms with van der Waals surface area (Å²) >= 11 is -2.34. The Morgan fingerprint density at radius 2 is 1.32 bits per heavy atom. The molecule has 178 valence electrons. The van der Waals surface area contributed by atoms with Gasteiger partial charge in [-0.3, -0.25) is 0 Å². The topological polar surface area (TPSA) is 52.9 Å². The fraction of sp³-hybridized carbons (Fsp3) is 0.917. The molecule has 0 radical (unpaired) electrons. The Labute approximate surface area is 202 Å². The van der Waals surface area contributed by atoms with Gasteiger partial charge in [0.2, 0.25) is 0 Å². The zero-order valence-corrected chi connectivity index (χ0v) is 24.0. The predicted molar refractivity (Wildman–Crippen MR) is 139 cm³/mol. The third-order valence-corrected chi connectivity index (χ3v) is 20.5. The molecule has 0 aromatic carbocycles. The normalized spacial score (nSPS) is 28.6. The third-order valence-electron chi connectivity index (χ3n) is 7.45. The molecule has 2 atom stereocenters. The van der Waals surface area contributed by atoms with Crippen molar-refractivity contribution in [3.8, 4) is 0 Å². The van der Waals surface area contributed by atoms with E-state index in [-0.39, 0.29) is 12.2 Å². The van der Waals surface area contributed by atoms with E-state index in [1.165, 1.54) is 88.5 Å². The number of aliphatic imine (C=N–C) groups is 1. The van der Waals surface area contributed by atoms with Crippen molar-refractivity contribution in [3.63, 3.8) is 0 Å². The molecule has 7 heteroatoms. The van der Waals surface area contributed by atoms with Crippen LogP contribution in [0.5, 0.6) is 0 Å². The summed E-state index contributed by atoms with van der Waals surface area (Å²) in [6, 6.07) is 0.286. The van der Waals surface area contributed by atoms with Crippen LogP contribution < -0.4 is 0 Å². The van der Waals surface area contributed by atoms with Crippen LogP contribution in [0.2, 0.25) is 8.87 Å². The van der Waals surface area contributed by atoms with Gasteiger partial charge < -0.3 is 20.8 Å². The van der Waals surface area contributed by atoms with Crippen molar-refractivity contribution >= 4 is 45.4 Å². The molecule has 0 N–H and O–H groups in total. The van der Waals surface area contributed by atoms with E-state index in [1.54, 1.807) is 0 Å². The van der Waals surface area contributed by atoms with Crippen molar-refractivity contribution in [1.29, 1.82) is 0 Å². The summed E-state index contributed by atoms with van der Waals surface area (Å²) < 4.78 is 2.07. The zero-order valence-electron chi connectivity index (χ0n) is 19.7. The standard InChI is InChI=1S/C20H32N4.2C2H5.2ClH.Sn/c1-3-9-15(10-4-1)18-19(16-11-5-2-6-12-16)23-24-20(22-18)17-13-7-8-14-21-17;2*1-2;;;/h15-17,20H,1-14H2;2*1H2,2H3;2*1H;/q-2;;;;;+2/p-2. The maximum atomic E-state index is 5.88. The second-order valence-corrected chi connectivity index (χ2v) is 29.7. The van der Waals surface area contributed by atoms with Crippen LogP contribution in [0.15, 0.2) is 10.1 Å². The Bertz CT molecular complexity index is 586. The zero-order chi connectivity index (χ0) is 22.1. The SMILES string of the molecule is C1CCC(C2=N[N-]C(C3CCCC[N-]3)N=C2C2CCCCC2)CC1.C[CH2][Sn]([Cl])([Cl])[CH2]C. The fourth-order valence-corrected chi connectivity index (χ4v) is 6.66. The van der Waals surface area contributed by atoms with Crippen molar-refractivity contribution < 1.29 is 0 Å². The summed E-state index contributed by atoms with van der Waals surface area (Å²) in [5, 5.41) is 9.62. The van der Waals surface area contributed by atoms with Crippen LogP contribution in [-0.4, -0.2) is 46.3 Å². The van der Waals surface area contributed by atoms with E-state index in [2.05, 4.69) is 19.3 Å². The van der Waals surface area contributed by atoms with Gasteiger partial charge in [-0.1, -0.05) is 57.8 Å². The second kappa shape index (κ2) is 13.4. The molecule has 0 amide bonds. The van der Waals surface area contributed by atoms with Crippen LogP contribution in [-0.2, 0) is 0 Å². The van der Waals surface area contributed by atoms with Gasteiger partial charge >= 0.3 is 56.7 Å². The summed E-state index contributed by atoms with van der Waals surface area (Å²) in [5.41, 5.74) is 7.28. The quantitative estimate of drug-likeness (QED) is 0.295. The molecule has 2 aliphatic heterocycles. The monoisotopic (exact) mass is 576 g/mol. The molecule has 0 spiro atoms. The molecule has 4 aliphatic rings. The van der Waals surface area contributed by atoms with Gasteiger partial charge in [-0.2, -0.15) is 0 Å². The minimum atomic E-state index is -2.34. The van der Waals surface area contributed by atoms with Gasteiger partial charge in [0, 0.05) is 17.5 Å². The number of rotatable bonds is 5. The van der Waals surface area contributed by atoms with E-state index < -0.39 is 16.1 Å². The summed E-state index contributed by atoms with van der Waals surface area (Å²) in [6.45, 7) is 5.13. The molecule has 1 saturated heterocycles. The predicted octanol–water partition coefficient (Wildman–Crippen LogP) is 8.53. The molecule has 2 unspecified atom stereocenters. The van der Waals surface area contributed by atoms with Crippen LogP contribution in [0.4, 0.5) is 0 Å². The Hall–Kier alpha value is 0.479. The Morgan fingerprint density at radius 3 is 1.81 bits per heavy atom. The van der Waals surface area contributed by atoms with Gasteiger partial charge in [-0.05, 0) is 31.8 Å². The van der Waals surface area contributed by atoms with Crippen LogP contribution in [0, 0.1) is 11.8 Å². The molecule has 2 aliphatic carbocycles. The van der Waals surface area contributed by atoms with E-state index in [4.69, 9.17) is 33.3 Å². The summed E-state index contributed by atoms with van der Waals surface area (Å²) in [4.78, 5) is 5.21. The number of halogens is 2. The average molecular weight is 576 g/mol.